The summed E-state index contributed by atoms with van der Waals surface area (Å²) in [6.07, 6.45) is 1.06. The van der Waals surface area contributed by atoms with Crippen LogP contribution in [0.15, 0.2) is 24.3 Å². The van der Waals surface area contributed by atoms with Gasteiger partial charge in [-0.25, -0.2) is 4.79 Å². The van der Waals surface area contributed by atoms with Crippen LogP contribution in [-0.4, -0.2) is 29.6 Å². The van der Waals surface area contributed by atoms with E-state index in [0.717, 1.165) is 13.0 Å². The molecule has 6 nitrogen and oxygen atoms in total. The zero-order valence-electron chi connectivity index (χ0n) is 13.6. The maximum atomic E-state index is 11.9. The van der Waals surface area contributed by atoms with Crippen LogP contribution in [0.3, 0.4) is 0 Å². The summed E-state index contributed by atoms with van der Waals surface area (Å²) in [5.41, 5.74) is -0.0541. The summed E-state index contributed by atoms with van der Waals surface area (Å²) < 4.78 is 5.28. The quantitative estimate of drug-likeness (QED) is 0.453. The van der Waals surface area contributed by atoms with E-state index in [9.17, 15) is 14.9 Å². The molecule has 1 aromatic carbocycles. The van der Waals surface area contributed by atoms with Crippen molar-refractivity contribution in [2.24, 2.45) is 5.92 Å². The van der Waals surface area contributed by atoms with Gasteiger partial charge in [-0.15, -0.1) is 0 Å². The molecule has 0 heterocycles. The molecule has 0 atom stereocenters. The summed E-state index contributed by atoms with van der Waals surface area (Å²) in [5, 5.41) is 13.9. The van der Waals surface area contributed by atoms with Crippen molar-refractivity contribution in [3.8, 4) is 0 Å². The topological polar surface area (TPSA) is 81.5 Å². The van der Waals surface area contributed by atoms with Crippen molar-refractivity contribution in [1.29, 1.82) is 0 Å². The van der Waals surface area contributed by atoms with E-state index in [1.165, 1.54) is 24.3 Å². The molecule has 0 aromatic heterocycles. The predicted octanol–water partition coefficient (Wildman–Crippen LogP) is 3.17. The number of ether oxygens (including phenoxy) is 1. The highest BCUT2D eigenvalue weighted by Gasteiger charge is 2.20. The third kappa shape index (κ3) is 6.22. The molecule has 1 rings (SSSR count). The van der Waals surface area contributed by atoms with Crippen LogP contribution in [0.1, 0.15) is 44.5 Å². The molecular formula is C16H24N2O4. The van der Waals surface area contributed by atoms with Crippen LogP contribution in [0.25, 0.3) is 0 Å². The van der Waals surface area contributed by atoms with E-state index in [0.29, 0.717) is 11.5 Å². The van der Waals surface area contributed by atoms with Crippen LogP contribution >= 0.6 is 0 Å². The number of carbonyl (C=O) groups is 1. The highest BCUT2D eigenvalue weighted by Crippen LogP contribution is 2.13. The third-order valence-corrected chi connectivity index (χ3v) is 3.20. The number of benzene rings is 1. The Hall–Kier alpha value is -1.95. The van der Waals surface area contributed by atoms with Crippen LogP contribution in [0, 0.1) is 16.0 Å². The first-order chi connectivity index (χ1) is 10.2. The van der Waals surface area contributed by atoms with Gasteiger partial charge in [0.1, 0.15) is 6.61 Å². The van der Waals surface area contributed by atoms with Gasteiger partial charge < -0.3 is 10.1 Å². The molecule has 0 aliphatic heterocycles. The normalized spacial score (nSPS) is 11.5. The summed E-state index contributed by atoms with van der Waals surface area (Å²) in [5.74, 6) is 0.139. The molecule has 0 amide bonds. The molecule has 0 spiro atoms. The number of nitrogens with zero attached hydrogens (tertiary/aromatic N) is 1. The van der Waals surface area contributed by atoms with E-state index in [1.807, 2.05) is 13.8 Å². The zero-order chi connectivity index (χ0) is 16.8. The van der Waals surface area contributed by atoms with Gasteiger partial charge in [-0.05, 0) is 44.9 Å². The first-order valence-corrected chi connectivity index (χ1v) is 7.38. The second kappa shape index (κ2) is 7.89. The third-order valence-electron chi connectivity index (χ3n) is 3.20. The van der Waals surface area contributed by atoms with Gasteiger partial charge in [0.05, 0.1) is 10.5 Å². The maximum Gasteiger partial charge on any atom is 0.338 e. The smallest absolute Gasteiger partial charge is 0.338 e. The Bertz CT molecular complexity index is 509. The Morgan fingerprint density at radius 3 is 2.41 bits per heavy atom. The molecule has 0 radical (unpaired) electrons. The van der Waals surface area contributed by atoms with Crippen molar-refractivity contribution in [3.05, 3.63) is 39.9 Å². The first-order valence-electron chi connectivity index (χ1n) is 7.38. The van der Waals surface area contributed by atoms with Crippen LogP contribution in [-0.2, 0) is 4.74 Å². The van der Waals surface area contributed by atoms with Gasteiger partial charge in [-0.2, -0.15) is 0 Å². The number of non-ortho nitro benzene ring substituents is 1. The highest BCUT2D eigenvalue weighted by atomic mass is 16.6. The summed E-state index contributed by atoms with van der Waals surface area (Å²) in [4.78, 5) is 22.0. The standard InChI is InChI=1S/C16H24N2O4/c1-12(2)9-10-17-16(3,4)11-22-15(19)13-5-7-14(8-6-13)18(20)21/h5-8,12,17H,9-11H2,1-4H3. The van der Waals surface area contributed by atoms with E-state index in [4.69, 9.17) is 4.74 Å². The fraction of sp³-hybridized carbons (Fsp3) is 0.562. The monoisotopic (exact) mass is 308 g/mol. The minimum absolute atomic E-state index is 0.0489. The number of hydrogen-bond donors (Lipinski definition) is 1. The van der Waals surface area contributed by atoms with Crippen LogP contribution in [0.5, 0.6) is 0 Å². The van der Waals surface area contributed by atoms with Gasteiger partial charge in [-0.3, -0.25) is 10.1 Å². The molecular weight excluding hydrogens is 284 g/mol. The molecule has 0 aliphatic rings. The van der Waals surface area contributed by atoms with Crippen molar-refractivity contribution in [2.45, 2.75) is 39.7 Å². The second-order valence-corrected chi connectivity index (χ2v) is 6.37. The van der Waals surface area contributed by atoms with Crippen molar-refractivity contribution in [3.63, 3.8) is 0 Å². The summed E-state index contributed by atoms with van der Waals surface area (Å²) >= 11 is 0. The molecule has 6 heteroatoms. The van der Waals surface area contributed by atoms with Gasteiger partial charge >= 0.3 is 5.97 Å². The Morgan fingerprint density at radius 1 is 1.32 bits per heavy atom. The predicted molar refractivity (Wildman–Crippen MR) is 84.9 cm³/mol. The molecule has 0 fully saturated rings. The number of rotatable bonds is 8. The lowest BCUT2D eigenvalue weighted by molar-refractivity contribution is -0.384. The highest BCUT2D eigenvalue weighted by molar-refractivity contribution is 5.89. The average molecular weight is 308 g/mol. The van der Waals surface area contributed by atoms with E-state index >= 15 is 0 Å². The van der Waals surface area contributed by atoms with Gasteiger partial charge in [-0.1, -0.05) is 13.8 Å². The molecule has 0 bridgehead atoms. The van der Waals surface area contributed by atoms with Crippen molar-refractivity contribution >= 4 is 11.7 Å². The number of carbonyl (C=O) groups excluding carboxylic acids is 1. The lowest BCUT2D eigenvalue weighted by Crippen LogP contribution is -2.44. The summed E-state index contributed by atoms with van der Waals surface area (Å²) in [7, 11) is 0. The van der Waals surface area contributed by atoms with E-state index in [2.05, 4.69) is 19.2 Å². The molecule has 0 unspecified atom stereocenters. The van der Waals surface area contributed by atoms with Gasteiger partial charge in [0, 0.05) is 17.7 Å². The molecule has 22 heavy (non-hydrogen) atoms. The number of esters is 1. The molecule has 0 saturated heterocycles. The van der Waals surface area contributed by atoms with Crippen LogP contribution < -0.4 is 5.32 Å². The largest absolute Gasteiger partial charge is 0.460 e. The van der Waals surface area contributed by atoms with Crippen LogP contribution in [0.2, 0.25) is 0 Å². The minimum atomic E-state index is -0.503. The Balaban J connectivity index is 2.49. The Labute approximate surface area is 131 Å². The molecule has 0 aliphatic carbocycles. The Kier molecular flexibility index (Phi) is 6.49. The summed E-state index contributed by atoms with van der Waals surface area (Å²) in [6.45, 7) is 9.35. The maximum absolute atomic E-state index is 11.9. The fourth-order valence-corrected chi connectivity index (χ4v) is 1.80. The van der Waals surface area contributed by atoms with Crippen molar-refractivity contribution in [2.75, 3.05) is 13.2 Å². The minimum Gasteiger partial charge on any atom is -0.460 e. The SMILES string of the molecule is CC(C)CCNC(C)(C)COC(=O)c1ccc([N+](=O)[O-])cc1. The van der Waals surface area contributed by atoms with Gasteiger partial charge in [0.25, 0.3) is 5.69 Å². The zero-order valence-corrected chi connectivity index (χ0v) is 13.6. The van der Waals surface area contributed by atoms with Crippen molar-refractivity contribution in [1.82, 2.24) is 5.32 Å². The molecule has 1 N–H and O–H groups in total. The van der Waals surface area contributed by atoms with E-state index in [-0.39, 0.29) is 17.8 Å². The average Bonchev–Trinajstić information content (AvgIpc) is 2.44. The lowest BCUT2D eigenvalue weighted by Gasteiger charge is -2.26. The summed E-state index contributed by atoms with van der Waals surface area (Å²) in [6, 6.07) is 5.39. The van der Waals surface area contributed by atoms with Crippen molar-refractivity contribution < 1.29 is 14.5 Å². The fourth-order valence-electron chi connectivity index (χ4n) is 1.80. The van der Waals surface area contributed by atoms with E-state index in [1.54, 1.807) is 0 Å². The number of nitro groups is 1. The number of nitrogens with one attached hydrogen (secondary N) is 1. The Morgan fingerprint density at radius 2 is 1.91 bits per heavy atom. The first kappa shape index (κ1) is 18.1. The number of nitro benzene ring substituents is 1. The molecule has 122 valence electrons. The molecule has 1 aromatic rings. The van der Waals surface area contributed by atoms with E-state index < -0.39 is 10.9 Å². The van der Waals surface area contributed by atoms with Gasteiger partial charge in [0.2, 0.25) is 0 Å². The lowest BCUT2D eigenvalue weighted by atomic mass is 10.1. The number of hydrogen-bond acceptors (Lipinski definition) is 5. The van der Waals surface area contributed by atoms with Gasteiger partial charge in [0.15, 0.2) is 0 Å². The van der Waals surface area contributed by atoms with Crippen LogP contribution in [0.4, 0.5) is 5.69 Å². The second-order valence-electron chi connectivity index (χ2n) is 6.37. The molecule has 0 saturated carbocycles.